The van der Waals surface area contributed by atoms with E-state index in [1.807, 2.05) is 0 Å². The Hall–Kier alpha value is -2.05. The van der Waals surface area contributed by atoms with Crippen LogP contribution in [0.5, 0.6) is 5.75 Å². The van der Waals surface area contributed by atoms with Crippen LogP contribution in [0.2, 0.25) is 0 Å². The van der Waals surface area contributed by atoms with Crippen LogP contribution >= 0.6 is 0 Å². The average molecular weight is 231 g/mol. The van der Waals surface area contributed by atoms with Crippen LogP contribution in [0, 0.1) is 17.0 Å². The number of hydrogen-bond donors (Lipinski definition) is 0. The SMILES string of the molecule is Cc1cc(C=O)cc(OC(F)F)c1[N+](=O)[O-]. The molecule has 0 fully saturated rings. The van der Waals surface area contributed by atoms with Gasteiger partial charge in [0.2, 0.25) is 5.75 Å². The first-order valence-electron chi connectivity index (χ1n) is 4.14. The van der Waals surface area contributed by atoms with Crippen LogP contribution in [0.1, 0.15) is 15.9 Å². The topological polar surface area (TPSA) is 69.4 Å². The second-order valence-electron chi connectivity index (χ2n) is 2.94. The van der Waals surface area contributed by atoms with Gasteiger partial charge in [-0.3, -0.25) is 14.9 Å². The molecule has 1 aromatic rings. The minimum atomic E-state index is -3.18. The molecule has 0 amide bonds. The number of alkyl halides is 2. The van der Waals surface area contributed by atoms with Crippen molar-refractivity contribution in [3.05, 3.63) is 33.4 Å². The number of benzene rings is 1. The third-order valence-corrected chi connectivity index (χ3v) is 1.82. The van der Waals surface area contributed by atoms with Crippen LogP contribution in [0.3, 0.4) is 0 Å². The lowest BCUT2D eigenvalue weighted by Gasteiger charge is -2.07. The van der Waals surface area contributed by atoms with Crippen LogP contribution in [-0.2, 0) is 0 Å². The fraction of sp³-hybridized carbons (Fsp3) is 0.222. The smallest absolute Gasteiger partial charge is 0.387 e. The number of carbonyl (C=O) groups is 1. The maximum atomic E-state index is 12.0. The molecule has 0 unspecified atom stereocenters. The maximum Gasteiger partial charge on any atom is 0.387 e. The van der Waals surface area contributed by atoms with Crippen molar-refractivity contribution in [2.24, 2.45) is 0 Å². The molecule has 0 saturated carbocycles. The van der Waals surface area contributed by atoms with Gasteiger partial charge in [0.25, 0.3) is 0 Å². The molecule has 0 saturated heterocycles. The minimum absolute atomic E-state index is 0.0405. The van der Waals surface area contributed by atoms with E-state index in [9.17, 15) is 23.7 Å². The molecule has 86 valence electrons. The Morgan fingerprint density at radius 2 is 2.12 bits per heavy atom. The summed E-state index contributed by atoms with van der Waals surface area (Å²) in [6.45, 7) is -1.84. The Bertz CT molecular complexity index is 434. The summed E-state index contributed by atoms with van der Waals surface area (Å²) in [5.41, 5.74) is -0.435. The zero-order valence-electron chi connectivity index (χ0n) is 8.15. The van der Waals surface area contributed by atoms with Gasteiger partial charge in [-0.25, -0.2) is 0 Å². The highest BCUT2D eigenvalue weighted by Crippen LogP contribution is 2.32. The predicted molar refractivity (Wildman–Crippen MR) is 49.9 cm³/mol. The Morgan fingerprint density at radius 1 is 1.50 bits per heavy atom. The minimum Gasteiger partial charge on any atom is -0.427 e. The van der Waals surface area contributed by atoms with E-state index < -0.39 is 23.0 Å². The van der Waals surface area contributed by atoms with Gasteiger partial charge in [-0.1, -0.05) is 0 Å². The zero-order valence-corrected chi connectivity index (χ0v) is 8.15. The van der Waals surface area contributed by atoms with Gasteiger partial charge < -0.3 is 4.74 Å². The lowest BCUT2D eigenvalue weighted by atomic mass is 10.1. The van der Waals surface area contributed by atoms with Crippen LogP contribution < -0.4 is 4.74 Å². The third kappa shape index (κ3) is 2.50. The Balaban J connectivity index is 3.34. The first-order chi connectivity index (χ1) is 7.45. The largest absolute Gasteiger partial charge is 0.427 e. The van der Waals surface area contributed by atoms with Gasteiger partial charge in [-0.05, 0) is 19.1 Å². The number of rotatable bonds is 4. The van der Waals surface area contributed by atoms with Crippen LogP contribution in [-0.4, -0.2) is 17.8 Å². The summed E-state index contributed by atoms with van der Waals surface area (Å²) in [4.78, 5) is 20.2. The van der Waals surface area contributed by atoms with Crippen molar-refractivity contribution in [1.29, 1.82) is 0 Å². The molecule has 0 radical (unpaired) electrons. The summed E-state index contributed by atoms with van der Waals surface area (Å²) in [5.74, 6) is -0.609. The molecule has 0 bridgehead atoms. The van der Waals surface area contributed by atoms with E-state index >= 15 is 0 Å². The number of nitrogens with zero attached hydrogens (tertiary/aromatic N) is 1. The summed E-state index contributed by atoms with van der Waals surface area (Å²) in [6.07, 6.45) is 0.398. The molecule has 0 heterocycles. The number of nitro benzene ring substituents is 1. The van der Waals surface area contributed by atoms with Crippen LogP contribution in [0.4, 0.5) is 14.5 Å². The number of hydrogen-bond acceptors (Lipinski definition) is 4. The number of nitro groups is 1. The van der Waals surface area contributed by atoms with Crippen molar-refractivity contribution in [2.45, 2.75) is 13.5 Å². The van der Waals surface area contributed by atoms with Gasteiger partial charge in [0, 0.05) is 11.1 Å². The van der Waals surface area contributed by atoms with Crippen molar-refractivity contribution in [3.8, 4) is 5.75 Å². The molecular weight excluding hydrogens is 224 g/mol. The standard InChI is InChI=1S/C9H7F2NO4/c1-5-2-6(4-13)3-7(16-9(10)11)8(5)12(14)15/h2-4,9H,1H3. The second-order valence-corrected chi connectivity index (χ2v) is 2.94. The molecule has 0 atom stereocenters. The molecule has 16 heavy (non-hydrogen) atoms. The number of halogens is 2. The lowest BCUT2D eigenvalue weighted by Crippen LogP contribution is -2.06. The van der Waals surface area contributed by atoms with Crippen molar-refractivity contribution in [3.63, 3.8) is 0 Å². The van der Waals surface area contributed by atoms with Crippen LogP contribution in [0.15, 0.2) is 12.1 Å². The molecule has 0 aliphatic carbocycles. The van der Waals surface area contributed by atoms with Gasteiger partial charge in [-0.15, -0.1) is 0 Å². The average Bonchev–Trinajstić information content (AvgIpc) is 2.14. The molecule has 1 aromatic carbocycles. The highest BCUT2D eigenvalue weighted by Gasteiger charge is 2.22. The fourth-order valence-corrected chi connectivity index (χ4v) is 1.26. The molecule has 0 spiro atoms. The normalized spacial score (nSPS) is 10.2. The zero-order chi connectivity index (χ0) is 12.3. The fourth-order valence-electron chi connectivity index (χ4n) is 1.26. The van der Waals surface area contributed by atoms with E-state index in [1.54, 1.807) is 0 Å². The summed E-state index contributed by atoms with van der Waals surface area (Å²) in [5, 5.41) is 10.6. The van der Waals surface area contributed by atoms with E-state index in [4.69, 9.17) is 0 Å². The van der Waals surface area contributed by atoms with E-state index in [0.29, 0.717) is 6.29 Å². The van der Waals surface area contributed by atoms with Gasteiger partial charge in [-0.2, -0.15) is 8.78 Å². The monoisotopic (exact) mass is 231 g/mol. The third-order valence-electron chi connectivity index (χ3n) is 1.82. The van der Waals surface area contributed by atoms with Crippen molar-refractivity contribution < 1.29 is 23.2 Å². The molecular formula is C9H7F2NO4. The first kappa shape index (κ1) is 12.0. The van der Waals surface area contributed by atoms with Gasteiger partial charge >= 0.3 is 12.3 Å². The highest BCUT2D eigenvalue weighted by molar-refractivity contribution is 5.78. The van der Waals surface area contributed by atoms with E-state index in [-0.39, 0.29) is 11.1 Å². The summed E-state index contributed by atoms with van der Waals surface area (Å²) >= 11 is 0. The van der Waals surface area contributed by atoms with Gasteiger partial charge in [0.05, 0.1) is 4.92 Å². The van der Waals surface area contributed by atoms with E-state index in [1.165, 1.54) is 13.0 Å². The van der Waals surface area contributed by atoms with Crippen molar-refractivity contribution in [2.75, 3.05) is 0 Å². The summed E-state index contributed by atoms with van der Waals surface area (Å²) < 4.78 is 28.0. The Labute approximate surface area is 88.8 Å². The highest BCUT2D eigenvalue weighted by atomic mass is 19.3. The molecule has 1 rings (SSSR count). The molecule has 0 aromatic heterocycles. The van der Waals surface area contributed by atoms with Crippen molar-refractivity contribution in [1.82, 2.24) is 0 Å². The number of carbonyl (C=O) groups excluding carboxylic acids is 1. The predicted octanol–water partition coefficient (Wildman–Crippen LogP) is 2.32. The van der Waals surface area contributed by atoms with Crippen LogP contribution in [0.25, 0.3) is 0 Å². The molecule has 0 aliphatic heterocycles. The van der Waals surface area contributed by atoms with E-state index in [0.717, 1.165) is 6.07 Å². The second kappa shape index (κ2) is 4.65. The Morgan fingerprint density at radius 3 is 2.56 bits per heavy atom. The number of ether oxygens (including phenoxy) is 1. The quantitative estimate of drug-likeness (QED) is 0.453. The molecule has 0 N–H and O–H groups in total. The first-order valence-corrected chi connectivity index (χ1v) is 4.14. The van der Waals surface area contributed by atoms with E-state index in [2.05, 4.69) is 4.74 Å². The number of aryl methyl sites for hydroxylation is 1. The molecule has 5 nitrogen and oxygen atoms in total. The van der Waals surface area contributed by atoms with Gasteiger partial charge in [0.1, 0.15) is 6.29 Å². The maximum absolute atomic E-state index is 12.0. The molecule has 0 aliphatic rings. The lowest BCUT2D eigenvalue weighted by molar-refractivity contribution is -0.387. The van der Waals surface area contributed by atoms with Crippen molar-refractivity contribution >= 4 is 12.0 Å². The summed E-state index contributed by atoms with van der Waals surface area (Å²) in [7, 11) is 0. The number of aldehydes is 1. The molecule has 7 heteroatoms. The Kier molecular flexibility index (Phi) is 3.49. The van der Waals surface area contributed by atoms with Gasteiger partial charge in [0.15, 0.2) is 0 Å². The summed E-state index contributed by atoms with van der Waals surface area (Å²) in [6, 6.07) is 2.13.